The van der Waals surface area contributed by atoms with Gasteiger partial charge in [-0.1, -0.05) is 26.3 Å². The zero-order valence-corrected chi connectivity index (χ0v) is 11.2. The van der Waals surface area contributed by atoms with E-state index in [9.17, 15) is 4.39 Å². The van der Waals surface area contributed by atoms with Crippen LogP contribution in [0, 0.1) is 11.7 Å². The molecule has 2 N–H and O–H groups in total. The van der Waals surface area contributed by atoms with Crippen molar-refractivity contribution in [2.75, 3.05) is 0 Å². The highest BCUT2D eigenvalue weighted by molar-refractivity contribution is 9.10. The molecule has 1 aromatic rings. The van der Waals surface area contributed by atoms with Crippen LogP contribution in [0.2, 0.25) is 0 Å². The molecule has 0 fully saturated rings. The quantitative estimate of drug-likeness (QED) is 0.894. The Morgan fingerprint density at radius 2 is 2.07 bits per heavy atom. The zero-order chi connectivity index (χ0) is 10.7. The van der Waals surface area contributed by atoms with E-state index in [0.29, 0.717) is 10.4 Å². The summed E-state index contributed by atoms with van der Waals surface area (Å²) in [7, 11) is 0. The van der Waals surface area contributed by atoms with Crippen LogP contribution in [0.1, 0.15) is 31.9 Å². The maximum Gasteiger partial charge on any atom is 0.137 e. The summed E-state index contributed by atoms with van der Waals surface area (Å²) >= 11 is 3.15. The molecule has 0 amide bonds. The van der Waals surface area contributed by atoms with E-state index >= 15 is 0 Å². The van der Waals surface area contributed by atoms with Crippen LogP contribution < -0.4 is 5.73 Å². The minimum atomic E-state index is -0.245. The highest BCUT2D eigenvalue weighted by Gasteiger charge is 2.14. The lowest BCUT2D eigenvalue weighted by Gasteiger charge is -2.18. The molecule has 0 aromatic heterocycles. The van der Waals surface area contributed by atoms with Gasteiger partial charge >= 0.3 is 0 Å². The molecule has 1 nitrogen and oxygen atoms in total. The normalized spacial score (nSPS) is 14.2. The molecule has 0 saturated carbocycles. The molecule has 0 bridgehead atoms. The van der Waals surface area contributed by atoms with Gasteiger partial charge in [-0.05, 0) is 39.5 Å². The predicted molar refractivity (Wildman–Crippen MR) is 67.7 cm³/mol. The number of rotatable bonds is 3. The summed E-state index contributed by atoms with van der Waals surface area (Å²) in [5.41, 5.74) is 7.00. The Morgan fingerprint density at radius 3 is 2.53 bits per heavy atom. The highest BCUT2D eigenvalue weighted by atomic mass is 79.9. The second-order valence-electron chi connectivity index (χ2n) is 3.58. The second kappa shape index (κ2) is 6.46. The first-order valence-corrected chi connectivity index (χ1v) is 5.56. The van der Waals surface area contributed by atoms with Crippen LogP contribution in [0.25, 0.3) is 0 Å². The molecule has 1 rings (SSSR count). The summed E-state index contributed by atoms with van der Waals surface area (Å²) in [6, 6.07) is 4.93. The predicted octanol–water partition coefficient (Wildman–Crippen LogP) is 4.06. The Balaban J connectivity index is 0.00000196. The number of hydrogen-bond donors (Lipinski definition) is 1. The third-order valence-corrected chi connectivity index (χ3v) is 3.19. The second-order valence-corrected chi connectivity index (χ2v) is 4.44. The minimum absolute atomic E-state index is 0. The topological polar surface area (TPSA) is 26.0 Å². The van der Waals surface area contributed by atoms with Crippen molar-refractivity contribution in [3.63, 3.8) is 0 Å². The van der Waals surface area contributed by atoms with Gasteiger partial charge in [0.25, 0.3) is 0 Å². The van der Waals surface area contributed by atoms with Crippen LogP contribution in [0.15, 0.2) is 22.7 Å². The van der Waals surface area contributed by atoms with E-state index < -0.39 is 0 Å². The summed E-state index contributed by atoms with van der Waals surface area (Å²) in [5.74, 6) is 0.164. The van der Waals surface area contributed by atoms with Gasteiger partial charge in [-0.2, -0.15) is 0 Å². The Labute approximate surface area is 105 Å². The van der Waals surface area contributed by atoms with E-state index in [4.69, 9.17) is 5.73 Å². The third kappa shape index (κ3) is 3.74. The maximum atomic E-state index is 13.0. The van der Waals surface area contributed by atoms with Gasteiger partial charge in [0.2, 0.25) is 0 Å². The molecule has 86 valence electrons. The number of halogens is 3. The van der Waals surface area contributed by atoms with Crippen molar-refractivity contribution in [2.45, 2.75) is 26.3 Å². The van der Waals surface area contributed by atoms with Crippen molar-refractivity contribution in [3.05, 3.63) is 34.1 Å². The summed E-state index contributed by atoms with van der Waals surface area (Å²) in [6.45, 7) is 4.20. The highest BCUT2D eigenvalue weighted by Crippen LogP contribution is 2.25. The first kappa shape index (κ1) is 14.9. The van der Waals surface area contributed by atoms with Crippen molar-refractivity contribution >= 4 is 28.3 Å². The first-order chi connectivity index (χ1) is 6.56. The SMILES string of the molecule is CCC(C)[C@@H](N)c1ccc(F)c(Br)c1.Cl. The van der Waals surface area contributed by atoms with Crippen LogP contribution in [0.5, 0.6) is 0 Å². The molecule has 1 aromatic carbocycles. The molecule has 0 heterocycles. The van der Waals surface area contributed by atoms with Crippen LogP contribution >= 0.6 is 28.3 Å². The van der Waals surface area contributed by atoms with Gasteiger partial charge in [-0.3, -0.25) is 0 Å². The smallest absolute Gasteiger partial charge is 0.137 e. The standard InChI is InChI=1S/C11H15BrFN.ClH/c1-3-7(2)11(14)8-4-5-10(13)9(12)6-8;/h4-7,11H,3,14H2,1-2H3;1H/t7?,11-;/m1./s1. The van der Waals surface area contributed by atoms with E-state index in [1.165, 1.54) is 6.07 Å². The van der Waals surface area contributed by atoms with Gasteiger partial charge < -0.3 is 5.73 Å². The van der Waals surface area contributed by atoms with Gasteiger partial charge in [0.1, 0.15) is 5.82 Å². The van der Waals surface area contributed by atoms with Gasteiger partial charge in [-0.25, -0.2) is 4.39 Å². The number of benzene rings is 1. The molecule has 2 atom stereocenters. The molecule has 0 aliphatic carbocycles. The number of hydrogen-bond acceptors (Lipinski definition) is 1. The lowest BCUT2D eigenvalue weighted by molar-refractivity contribution is 0.456. The van der Waals surface area contributed by atoms with E-state index in [1.807, 2.05) is 0 Å². The molecule has 0 aliphatic heterocycles. The third-order valence-electron chi connectivity index (χ3n) is 2.59. The van der Waals surface area contributed by atoms with E-state index in [0.717, 1.165) is 12.0 Å². The van der Waals surface area contributed by atoms with Crippen LogP contribution in [-0.2, 0) is 0 Å². The fourth-order valence-corrected chi connectivity index (χ4v) is 1.70. The van der Waals surface area contributed by atoms with Gasteiger partial charge in [0.15, 0.2) is 0 Å². The summed E-state index contributed by atoms with van der Waals surface area (Å²) < 4.78 is 13.4. The summed E-state index contributed by atoms with van der Waals surface area (Å²) in [5, 5.41) is 0. The largest absolute Gasteiger partial charge is 0.324 e. The molecule has 0 spiro atoms. The van der Waals surface area contributed by atoms with Crippen LogP contribution in [0.4, 0.5) is 4.39 Å². The van der Waals surface area contributed by atoms with Crippen LogP contribution in [-0.4, -0.2) is 0 Å². The van der Waals surface area contributed by atoms with Crippen molar-refractivity contribution in [3.8, 4) is 0 Å². The van der Waals surface area contributed by atoms with Gasteiger partial charge in [0.05, 0.1) is 4.47 Å². The Morgan fingerprint density at radius 1 is 1.47 bits per heavy atom. The molecule has 0 radical (unpaired) electrons. The van der Waals surface area contributed by atoms with E-state index in [1.54, 1.807) is 12.1 Å². The average molecular weight is 297 g/mol. The zero-order valence-electron chi connectivity index (χ0n) is 8.84. The maximum absolute atomic E-state index is 13.0. The van der Waals surface area contributed by atoms with Crippen molar-refractivity contribution < 1.29 is 4.39 Å². The minimum Gasteiger partial charge on any atom is -0.324 e. The number of nitrogens with two attached hydrogens (primary N) is 1. The van der Waals surface area contributed by atoms with Crippen molar-refractivity contribution in [1.82, 2.24) is 0 Å². The Hall–Kier alpha value is -0.120. The fraction of sp³-hybridized carbons (Fsp3) is 0.455. The Kier molecular flexibility index (Phi) is 6.41. The molecule has 0 saturated heterocycles. The van der Waals surface area contributed by atoms with Gasteiger partial charge in [-0.15, -0.1) is 12.4 Å². The Bertz CT molecular complexity index is 319. The molecular formula is C11H16BrClFN. The summed E-state index contributed by atoms with van der Waals surface area (Å²) in [6.07, 6.45) is 1.02. The summed E-state index contributed by atoms with van der Waals surface area (Å²) in [4.78, 5) is 0. The molecular weight excluding hydrogens is 280 g/mol. The monoisotopic (exact) mass is 295 g/mol. The van der Waals surface area contributed by atoms with Crippen molar-refractivity contribution in [2.24, 2.45) is 11.7 Å². The molecule has 4 heteroatoms. The average Bonchev–Trinajstić information content (AvgIpc) is 2.20. The van der Waals surface area contributed by atoms with E-state index in [-0.39, 0.29) is 24.3 Å². The molecule has 15 heavy (non-hydrogen) atoms. The molecule has 0 aliphatic rings. The van der Waals surface area contributed by atoms with E-state index in [2.05, 4.69) is 29.8 Å². The van der Waals surface area contributed by atoms with Crippen LogP contribution in [0.3, 0.4) is 0 Å². The molecule has 1 unspecified atom stereocenters. The first-order valence-electron chi connectivity index (χ1n) is 4.76. The lowest BCUT2D eigenvalue weighted by atomic mass is 9.93. The van der Waals surface area contributed by atoms with Crippen molar-refractivity contribution in [1.29, 1.82) is 0 Å². The fourth-order valence-electron chi connectivity index (χ4n) is 1.30. The lowest BCUT2D eigenvalue weighted by Crippen LogP contribution is -2.18. The van der Waals surface area contributed by atoms with Gasteiger partial charge in [0, 0.05) is 6.04 Å².